The Labute approximate surface area is 479 Å². The summed E-state index contributed by atoms with van der Waals surface area (Å²) in [5.74, 6) is -3.54. The summed E-state index contributed by atoms with van der Waals surface area (Å²) in [4.78, 5) is 83.7. The van der Waals surface area contributed by atoms with Gasteiger partial charge >= 0.3 is 12.1 Å². The van der Waals surface area contributed by atoms with E-state index in [4.69, 9.17) is 43.3 Å². The van der Waals surface area contributed by atoms with Crippen LogP contribution < -0.4 is 36.5 Å². The molecule has 7 N–H and O–H groups in total. The van der Waals surface area contributed by atoms with Gasteiger partial charge < -0.3 is 69.7 Å². The molecule has 5 aromatic carbocycles. The molecular formula is C61H75N5O15Si. The largest absolute Gasteiger partial charge is 0.497 e. The van der Waals surface area contributed by atoms with Crippen molar-refractivity contribution in [3.05, 3.63) is 149 Å². The van der Waals surface area contributed by atoms with Crippen molar-refractivity contribution in [3.63, 3.8) is 0 Å². The number of hydrogen-bond acceptors (Lipinski definition) is 15. The number of hydrogen-bond donors (Lipinski definition) is 6. The third kappa shape index (κ3) is 15.1. The van der Waals surface area contributed by atoms with Gasteiger partial charge in [0.15, 0.2) is 27.0 Å². The lowest BCUT2D eigenvalue weighted by Crippen LogP contribution is -2.61. The zero-order chi connectivity index (χ0) is 59.4. The summed E-state index contributed by atoms with van der Waals surface area (Å²) in [7, 11) is 0.380. The molecule has 5 aromatic rings. The number of esters is 1. The number of amides is 5. The average Bonchev–Trinajstić information content (AvgIpc) is 2.23. The van der Waals surface area contributed by atoms with Crippen LogP contribution in [0.2, 0.25) is 18.1 Å². The average molecular weight is 1150 g/mol. The Hall–Kier alpha value is -7.66. The predicted molar refractivity (Wildman–Crippen MR) is 306 cm³/mol. The molecule has 21 heteroatoms. The lowest BCUT2D eigenvalue weighted by atomic mass is 9.83. The van der Waals surface area contributed by atoms with E-state index < -0.39 is 92.7 Å². The van der Waals surface area contributed by atoms with Crippen LogP contribution >= 0.6 is 0 Å². The first-order chi connectivity index (χ1) is 39.1. The number of anilines is 1. The van der Waals surface area contributed by atoms with E-state index in [0.717, 1.165) is 5.56 Å². The van der Waals surface area contributed by atoms with Crippen molar-refractivity contribution in [2.75, 3.05) is 32.9 Å². The first-order valence-corrected chi connectivity index (χ1v) is 30.1. The number of primary amides is 1. The molecule has 8 atom stereocenters. The number of carbonyl (C=O) groups excluding carboxylic acids is 6. The van der Waals surface area contributed by atoms with Crippen molar-refractivity contribution in [2.24, 2.45) is 11.7 Å². The van der Waals surface area contributed by atoms with Crippen molar-refractivity contribution in [1.82, 2.24) is 16.0 Å². The Kier molecular flexibility index (Phi) is 20.7. The highest BCUT2D eigenvalue weighted by molar-refractivity contribution is 6.74. The first kappa shape index (κ1) is 61.9. The molecule has 0 aromatic heterocycles. The van der Waals surface area contributed by atoms with E-state index in [1.54, 1.807) is 103 Å². The summed E-state index contributed by atoms with van der Waals surface area (Å²) >= 11 is 0. The van der Waals surface area contributed by atoms with E-state index in [1.165, 1.54) is 14.2 Å². The topological polar surface area (TPSA) is 271 Å². The number of benzene rings is 5. The van der Waals surface area contributed by atoms with E-state index >= 15 is 0 Å². The third-order valence-electron chi connectivity index (χ3n) is 15.1. The van der Waals surface area contributed by atoms with Gasteiger partial charge in [-0.25, -0.2) is 9.59 Å². The van der Waals surface area contributed by atoms with E-state index in [2.05, 4.69) is 42.0 Å². The number of carbonyl (C=O) groups is 6. The van der Waals surface area contributed by atoms with E-state index in [-0.39, 0.29) is 61.0 Å². The molecule has 2 aliphatic heterocycles. The number of ether oxygens (including phenoxy) is 7. The van der Waals surface area contributed by atoms with Crippen LogP contribution in [0, 0.1) is 5.92 Å². The number of aliphatic hydroxyl groups is 1. The van der Waals surface area contributed by atoms with Crippen LogP contribution in [0.4, 0.5) is 10.5 Å². The fourth-order valence-electron chi connectivity index (χ4n) is 9.24. The molecule has 0 bridgehead atoms. The second-order valence-electron chi connectivity index (χ2n) is 21.9. The number of fused-ring (bicyclic) bond motifs is 1. The molecule has 0 saturated carbocycles. The van der Waals surface area contributed by atoms with Crippen molar-refractivity contribution in [1.29, 1.82) is 0 Å². The van der Waals surface area contributed by atoms with Crippen molar-refractivity contribution in [3.8, 4) is 22.6 Å². The number of nitrogens with one attached hydrogen (secondary N) is 4. The maximum absolute atomic E-state index is 14.8. The lowest BCUT2D eigenvalue weighted by Gasteiger charge is -2.42. The molecule has 0 radical (unpaired) electrons. The molecule has 0 aliphatic carbocycles. The second kappa shape index (κ2) is 27.4. The fourth-order valence-corrected chi connectivity index (χ4v) is 10.6. The highest BCUT2D eigenvalue weighted by atomic mass is 28.4. The minimum absolute atomic E-state index is 0.0641. The van der Waals surface area contributed by atoms with Gasteiger partial charge in [0.25, 0.3) is 5.91 Å². The normalized spacial score (nSPS) is 19.2. The molecule has 1 saturated heterocycles. The number of methoxy groups -OCH3 is 2. The van der Waals surface area contributed by atoms with E-state index in [0.29, 0.717) is 40.0 Å². The van der Waals surface area contributed by atoms with Gasteiger partial charge in [0, 0.05) is 35.8 Å². The standard InChI is InChI=1S/C61H75N5O15Si/c1-10-37(2)52(81-82(8,9)60(3,4)5)55(69)63-46(54(68)64-47(32-50(62)67)56(70)76-33-38-18-13-11-14-19-38)31-40-24-29-49(79-36-74-6)44(30-40)43-22-17-23-45-51(43)66-58(71)61(45,73)53-48(65-59(72)78-34-39-20-15-12-16-21-39)35-77-57(80-53)41-25-27-42(75-7)28-26-41/h11-30,37,46-48,52-53,57,73H,10,31-36H2,1-9H3,(H2,62,67)(H,63,69)(H,64,68)(H,65,72)(H,66,71)/t37-,46-,47-,48+,52-,53+,57+,61-/m0/s1. The zero-order valence-electron chi connectivity index (χ0n) is 47.8. The lowest BCUT2D eigenvalue weighted by molar-refractivity contribution is -0.266. The van der Waals surface area contributed by atoms with Gasteiger partial charge in [-0.15, -0.1) is 0 Å². The molecule has 0 unspecified atom stereocenters. The number of nitrogens with two attached hydrogens (primary N) is 1. The monoisotopic (exact) mass is 1150 g/mol. The van der Waals surface area contributed by atoms with Gasteiger partial charge in [-0.2, -0.15) is 0 Å². The Morgan fingerprint density at radius 1 is 0.817 bits per heavy atom. The minimum atomic E-state index is -2.59. The highest BCUT2D eigenvalue weighted by Crippen LogP contribution is 2.49. The molecule has 1 fully saturated rings. The van der Waals surface area contributed by atoms with Gasteiger partial charge in [0.05, 0.1) is 31.9 Å². The Bertz CT molecular complexity index is 3030. The smallest absolute Gasteiger partial charge is 0.407 e. The van der Waals surface area contributed by atoms with Crippen LogP contribution in [0.5, 0.6) is 11.5 Å². The summed E-state index contributed by atoms with van der Waals surface area (Å²) in [5, 5.41) is 24.0. The molecule has 82 heavy (non-hydrogen) atoms. The third-order valence-corrected chi connectivity index (χ3v) is 19.5. The SMILES string of the molecule is CC[C@H](C)[C@H](O[Si](C)(C)C(C)(C)C)C(=O)N[C@@H](Cc1ccc(OCOC)c(-c2cccc3c2NC(=O)[C@@]3(O)[C@@H]2O[C@H](c3ccc(OC)cc3)OC[C@H]2NC(=O)OCc2ccccc2)c1)C(=O)N[C@@H](CC(N)=O)C(=O)OCc1ccccc1. The van der Waals surface area contributed by atoms with Crippen LogP contribution in [-0.4, -0.2) is 107 Å². The van der Waals surface area contributed by atoms with Crippen LogP contribution in [0.15, 0.2) is 121 Å². The molecule has 20 nitrogen and oxygen atoms in total. The maximum atomic E-state index is 14.8. The van der Waals surface area contributed by atoms with Gasteiger partial charge in [-0.3, -0.25) is 19.2 Å². The fraction of sp³-hybridized carbons (Fsp3) is 0.410. The zero-order valence-corrected chi connectivity index (χ0v) is 48.8. The molecule has 438 valence electrons. The van der Waals surface area contributed by atoms with E-state index in [9.17, 15) is 33.9 Å². The molecule has 2 heterocycles. The van der Waals surface area contributed by atoms with Gasteiger partial charge in [0.1, 0.15) is 49.0 Å². The summed E-state index contributed by atoms with van der Waals surface area (Å²) in [5.41, 5.74) is 6.50. The van der Waals surface area contributed by atoms with Crippen molar-refractivity contribution in [2.45, 2.75) is 127 Å². The minimum Gasteiger partial charge on any atom is -0.497 e. The van der Waals surface area contributed by atoms with E-state index in [1.807, 2.05) is 45.1 Å². The highest BCUT2D eigenvalue weighted by Gasteiger charge is 2.58. The predicted octanol–water partition coefficient (Wildman–Crippen LogP) is 7.46. The molecule has 0 spiro atoms. The van der Waals surface area contributed by atoms with Gasteiger partial charge in [0.2, 0.25) is 17.7 Å². The Morgan fingerprint density at radius 3 is 2.07 bits per heavy atom. The summed E-state index contributed by atoms with van der Waals surface area (Å²) in [6, 6.07) is 30.6. The molecule has 7 rings (SSSR count). The van der Waals surface area contributed by atoms with Crippen LogP contribution in [0.1, 0.15) is 81.6 Å². The van der Waals surface area contributed by atoms with Gasteiger partial charge in [-0.05, 0) is 65.0 Å². The molecule has 5 amide bonds. The molecule has 2 aliphatic rings. The number of alkyl carbamates (subject to hydrolysis) is 1. The van der Waals surface area contributed by atoms with Crippen LogP contribution in [-0.2, 0) is 77.3 Å². The quantitative estimate of drug-likeness (QED) is 0.0188. The van der Waals surface area contributed by atoms with Crippen LogP contribution in [0.25, 0.3) is 11.1 Å². The van der Waals surface area contributed by atoms with Crippen molar-refractivity contribution < 1.29 is 71.5 Å². The maximum Gasteiger partial charge on any atom is 0.407 e. The summed E-state index contributed by atoms with van der Waals surface area (Å²) in [6.07, 6.45) is -4.66. The summed E-state index contributed by atoms with van der Waals surface area (Å²) < 4.78 is 47.3. The van der Waals surface area contributed by atoms with Gasteiger partial charge in [-0.1, -0.05) is 138 Å². The number of para-hydroxylation sites is 1. The first-order valence-electron chi connectivity index (χ1n) is 27.1. The Balaban J connectivity index is 1.26. The van der Waals surface area contributed by atoms with Crippen LogP contribution in [0.3, 0.4) is 0 Å². The number of rotatable bonds is 25. The molecular weight excluding hydrogens is 1070 g/mol. The second-order valence-corrected chi connectivity index (χ2v) is 26.7. The van der Waals surface area contributed by atoms with Crippen molar-refractivity contribution >= 4 is 49.7 Å². The summed E-state index contributed by atoms with van der Waals surface area (Å²) in [6.45, 7) is 13.4. The Morgan fingerprint density at radius 2 is 1.46 bits per heavy atom.